The van der Waals surface area contributed by atoms with Gasteiger partial charge in [0.15, 0.2) is 0 Å². The minimum atomic E-state index is -0.351. The lowest BCUT2D eigenvalue weighted by Gasteiger charge is -2.21. The summed E-state index contributed by atoms with van der Waals surface area (Å²) in [4.78, 5) is 11.7. The van der Waals surface area contributed by atoms with E-state index >= 15 is 0 Å². The number of carbonyl (C=O) groups is 1. The van der Waals surface area contributed by atoms with E-state index in [1.54, 1.807) is 0 Å². The Bertz CT molecular complexity index is 252. The third-order valence-corrected chi connectivity index (χ3v) is 3.57. The van der Waals surface area contributed by atoms with Gasteiger partial charge in [0.25, 0.3) is 0 Å². The van der Waals surface area contributed by atoms with Gasteiger partial charge in [0.2, 0.25) is 0 Å². The van der Waals surface area contributed by atoms with E-state index < -0.39 is 0 Å². The highest BCUT2D eigenvalue weighted by Gasteiger charge is 2.54. The molecule has 14 heavy (non-hydrogen) atoms. The summed E-state index contributed by atoms with van der Waals surface area (Å²) in [5.74, 6) is 2.27. The number of fused-ring (bicyclic) bond motifs is 1. The van der Waals surface area contributed by atoms with Crippen molar-refractivity contribution in [2.75, 3.05) is 0 Å². The van der Waals surface area contributed by atoms with Crippen molar-refractivity contribution in [2.45, 2.75) is 46.6 Å². The molecule has 80 valence electrons. The lowest BCUT2D eigenvalue weighted by molar-refractivity contribution is -0.159. The van der Waals surface area contributed by atoms with Crippen molar-refractivity contribution in [2.24, 2.45) is 23.2 Å². The summed E-state index contributed by atoms with van der Waals surface area (Å²) in [5.41, 5.74) is -0.351. The Balaban J connectivity index is 1.90. The molecule has 2 nitrogen and oxygen atoms in total. The van der Waals surface area contributed by atoms with Crippen LogP contribution in [0.5, 0.6) is 0 Å². The minimum Gasteiger partial charge on any atom is -0.462 e. The zero-order valence-corrected chi connectivity index (χ0v) is 9.54. The number of esters is 1. The molecule has 0 aromatic rings. The summed E-state index contributed by atoms with van der Waals surface area (Å²) in [5, 5.41) is 0. The van der Waals surface area contributed by atoms with Gasteiger partial charge in [-0.1, -0.05) is 6.92 Å². The molecule has 2 fully saturated rings. The number of carbonyl (C=O) groups excluding carboxylic acids is 1. The van der Waals surface area contributed by atoms with Gasteiger partial charge in [0, 0.05) is 0 Å². The highest BCUT2D eigenvalue weighted by molar-refractivity contribution is 5.75. The van der Waals surface area contributed by atoms with Crippen LogP contribution in [0.15, 0.2) is 0 Å². The topological polar surface area (TPSA) is 26.3 Å². The Hall–Kier alpha value is -0.530. The van der Waals surface area contributed by atoms with Crippen LogP contribution in [-0.4, -0.2) is 12.1 Å². The maximum Gasteiger partial charge on any atom is 0.311 e. The Kier molecular flexibility index (Phi) is 2.13. The smallest absolute Gasteiger partial charge is 0.311 e. The number of hydrogen-bond acceptors (Lipinski definition) is 2. The van der Waals surface area contributed by atoms with Gasteiger partial charge in [-0.3, -0.25) is 4.79 Å². The molecular formula is C12H20O2. The lowest BCUT2D eigenvalue weighted by atomic mass is 9.97. The Labute approximate surface area is 86.0 Å². The average Bonchev–Trinajstić information content (AvgIpc) is 2.74. The van der Waals surface area contributed by atoms with Crippen molar-refractivity contribution < 1.29 is 9.53 Å². The Morgan fingerprint density at radius 1 is 1.21 bits per heavy atom. The second-order valence-corrected chi connectivity index (χ2v) is 5.97. The SMILES string of the molecule is C[C@H]1C[C@@H](OC(=O)C(C)(C)C)[C@@H]2C[C@@H]21. The molecule has 2 saturated carbocycles. The second kappa shape index (κ2) is 2.98. The fraction of sp³-hybridized carbons (Fsp3) is 0.917. The van der Waals surface area contributed by atoms with E-state index in [2.05, 4.69) is 6.92 Å². The first-order valence-corrected chi connectivity index (χ1v) is 5.60. The fourth-order valence-electron chi connectivity index (χ4n) is 2.48. The molecule has 0 bridgehead atoms. The average molecular weight is 196 g/mol. The molecule has 2 heteroatoms. The van der Waals surface area contributed by atoms with Crippen molar-refractivity contribution in [1.29, 1.82) is 0 Å². The molecule has 0 aromatic heterocycles. The van der Waals surface area contributed by atoms with Crippen LogP contribution < -0.4 is 0 Å². The van der Waals surface area contributed by atoms with E-state index in [1.807, 2.05) is 20.8 Å². The Morgan fingerprint density at radius 3 is 2.21 bits per heavy atom. The van der Waals surface area contributed by atoms with Crippen LogP contribution in [0.3, 0.4) is 0 Å². The predicted octanol–water partition coefficient (Wildman–Crippen LogP) is 2.62. The van der Waals surface area contributed by atoms with Gasteiger partial charge in [-0.2, -0.15) is 0 Å². The van der Waals surface area contributed by atoms with E-state index in [9.17, 15) is 4.79 Å². The maximum absolute atomic E-state index is 11.7. The Morgan fingerprint density at radius 2 is 1.86 bits per heavy atom. The normalized spacial score (nSPS) is 40.6. The number of hydrogen-bond donors (Lipinski definition) is 0. The van der Waals surface area contributed by atoms with Gasteiger partial charge < -0.3 is 4.74 Å². The van der Waals surface area contributed by atoms with Gasteiger partial charge >= 0.3 is 5.97 Å². The summed E-state index contributed by atoms with van der Waals surface area (Å²) in [6.07, 6.45) is 2.59. The summed E-state index contributed by atoms with van der Waals surface area (Å²) >= 11 is 0. The van der Waals surface area contributed by atoms with Gasteiger partial charge in [-0.25, -0.2) is 0 Å². The van der Waals surface area contributed by atoms with Gasteiger partial charge in [0.1, 0.15) is 6.10 Å². The quantitative estimate of drug-likeness (QED) is 0.603. The van der Waals surface area contributed by atoms with Crippen LogP contribution in [0.1, 0.15) is 40.5 Å². The van der Waals surface area contributed by atoms with Crippen molar-refractivity contribution in [3.63, 3.8) is 0 Å². The van der Waals surface area contributed by atoms with E-state index in [-0.39, 0.29) is 17.5 Å². The van der Waals surface area contributed by atoms with Gasteiger partial charge in [-0.05, 0) is 51.4 Å². The first-order chi connectivity index (χ1) is 6.39. The lowest BCUT2D eigenvalue weighted by Crippen LogP contribution is -2.28. The largest absolute Gasteiger partial charge is 0.462 e. The van der Waals surface area contributed by atoms with Crippen molar-refractivity contribution in [3.05, 3.63) is 0 Å². The first kappa shape index (κ1) is 10.0. The van der Waals surface area contributed by atoms with Gasteiger partial charge in [-0.15, -0.1) is 0 Å². The molecule has 0 amide bonds. The van der Waals surface area contributed by atoms with Crippen molar-refractivity contribution >= 4 is 5.97 Å². The molecule has 0 aromatic carbocycles. The van der Waals surface area contributed by atoms with Gasteiger partial charge in [0.05, 0.1) is 5.41 Å². The second-order valence-electron chi connectivity index (χ2n) is 5.97. The van der Waals surface area contributed by atoms with E-state index in [1.165, 1.54) is 6.42 Å². The molecule has 0 unspecified atom stereocenters. The molecular weight excluding hydrogens is 176 g/mol. The van der Waals surface area contributed by atoms with Crippen LogP contribution in [0.25, 0.3) is 0 Å². The van der Waals surface area contributed by atoms with E-state index in [0.717, 1.165) is 18.3 Å². The predicted molar refractivity (Wildman–Crippen MR) is 54.7 cm³/mol. The highest BCUT2D eigenvalue weighted by Crippen LogP contribution is 2.56. The number of ether oxygens (including phenoxy) is 1. The molecule has 0 radical (unpaired) electrons. The molecule has 2 aliphatic rings. The summed E-state index contributed by atoms with van der Waals surface area (Å²) < 4.78 is 5.56. The van der Waals surface area contributed by atoms with Crippen LogP contribution in [0.4, 0.5) is 0 Å². The third-order valence-electron chi connectivity index (χ3n) is 3.57. The summed E-state index contributed by atoms with van der Waals surface area (Å²) in [6, 6.07) is 0. The van der Waals surface area contributed by atoms with Crippen LogP contribution in [0, 0.1) is 23.2 Å². The standard InChI is InChI=1S/C12H20O2/c1-7-5-10(9-6-8(7)9)14-11(13)12(2,3)4/h7-10H,5-6H2,1-4H3/t7-,8+,9+,10+/m0/s1. The van der Waals surface area contributed by atoms with Crippen molar-refractivity contribution in [3.8, 4) is 0 Å². The fourth-order valence-corrected chi connectivity index (χ4v) is 2.48. The number of rotatable bonds is 1. The van der Waals surface area contributed by atoms with E-state index in [4.69, 9.17) is 4.74 Å². The molecule has 0 heterocycles. The molecule has 0 saturated heterocycles. The van der Waals surface area contributed by atoms with Crippen LogP contribution in [0.2, 0.25) is 0 Å². The summed E-state index contributed by atoms with van der Waals surface area (Å²) in [6.45, 7) is 8.02. The molecule has 0 N–H and O–H groups in total. The monoisotopic (exact) mass is 196 g/mol. The third kappa shape index (κ3) is 1.67. The zero-order valence-electron chi connectivity index (χ0n) is 9.54. The van der Waals surface area contributed by atoms with E-state index in [0.29, 0.717) is 5.92 Å². The van der Waals surface area contributed by atoms with Crippen LogP contribution in [-0.2, 0) is 9.53 Å². The molecule has 4 atom stereocenters. The van der Waals surface area contributed by atoms with Crippen LogP contribution >= 0.6 is 0 Å². The molecule has 2 aliphatic carbocycles. The molecule has 0 aliphatic heterocycles. The van der Waals surface area contributed by atoms with Crippen molar-refractivity contribution in [1.82, 2.24) is 0 Å². The summed E-state index contributed by atoms with van der Waals surface area (Å²) in [7, 11) is 0. The highest BCUT2D eigenvalue weighted by atomic mass is 16.5. The molecule has 2 rings (SSSR count). The first-order valence-electron chi connectivity index (χ1n) is 5.60. The molecule has 0 spiro atoms. The minimum absolute atomic E-state index is 0.0396. The zero-order chi connectivity index (χ0) is 10.5. The maximum atomic E-state index is 11.7.